The summed E-state index contributed by atoms with van der Waals surface area (Å²) in [4.78, 5) is 31.0. The maximum Gasteiger partial charge on any atom is 0.408 e. The van der Waals surface area contributed by atoms with Crippen LogP contribution in [-0.2, 0) is 9.63 Å². The van der Waals surface area contributed by atoms with Gasteiger partial charge in [0.05, 0.1) is 12.5 Å². The smallest absolute Gasteiger partial charge is 0.408 e. The third-order valence-electron chi connectivity index (χ3n) is 5.16. The molecule has 0 saturated heterocycles. The molecule has 0 radical (unpaired) electrons. The van der Waals surface area contributed by atoms with Gasteiger partial charge in [0.1, 0.15) is 0 Å². The molecular weight excluding hydrogens is 272 g/mol. The Morgan fingerprint density at radius 2 is 1.67 bits per heavy atom. The van der Waals surface area contributed by atoms with Crippen molar-refractivity contribution < 1.29 is 19.5 Å². The highest BCUT2D eigenvalue weighted by Gasteiger charge is 2.63. The van der Waals surface area contributed by atoms with Crippen molar-refractivity contribution in [3.8, 4) is 0 Å². The molecule has 120 valence electrons. The Hall–Kier alpha value is -1.30. The SMILES string of the molecule is CON(C)C(=O)C12CCC(N(C(=O)O)C(C)(C)C)(CC1)C2. The standard InChI is InChI=1S/C15H26N2O4/c1-13(2,3)17(12(19)20)15-8-6-14(10-15,7-9-15)11(18)16(4)21-5/h6-10H2,1-5H3,(H,19,20). The van der Waals surface area contributed by atoms with E-state index in [4.69, 9.17) is 4.84 Å². The van der Waals surface area contributed by atoms with E-state index in [0.717, 1.165) is 25.7 Å². The average molecular weight is 298 g/mol. The Labute approximate surface area is 126 Å². The Morgan fingerprint density at radius 1 is 1.14 bits per heavy atom. The molecule has 2 aliphatic carbocycles. The second kappa shape index (κ2) is 4.87. The minimum Gasteiger partial charge on any atom is -0.465 e. The highest BCUT2D eigenvalue weighted by atomic mass is 16.7. The van der Waals surface area contributed by atoms with Crippen molar-refractivity contribution in [2.45, 2.75) is 64.0 Å². The first-order chi connectivity index (χ1) is 9.58. The van der Waals surface area contributed by atoms with Crippen molar-refractivity contribution in [1.82, 2.24) is 9.96 Å². The van der Waals surface area contributed by atoms with Crippen molar-refractivity contribution in [2.75, 3.05) is 14.2 Å². The van der Waals surface area contributed by atoms with Crippen molar-refractivity contribution in [2.24, 2.45) is 5.41 Å². The van der Waals surface area contributed by atoms with Crippen molar-refractivity contribution in [3.05, 3.63) is 0 Å². The maximum absolute atomic E-state index is 12.6. The average Bonchev–Trinajstić information content (AvgIpc) is 2.91. The van der Waals surface area contributed by atoms with Gasteiger partial charge >= 0.3 is 6.09 Å². The second-order valence-corrected chi connectivity index (χ2v) is 7.46. The molecule has 0 spiro atoms. The van der Waals surface area contributed by atoms with E-state index in [9.17, 15) is 14.7 Å². The lowest BCUT2D eigenvalue weighted by molar-refractivity contribution is -0.180. The molecule has 1 N–H and O–H groups in total. The van der Waals surface area contributed by atoms with Crippen LogP contribution in [0.3, 0.4) is 0 Å². The molecule has 6 heteroatoms. The highest BCUT2D eigenvalue weighted by molar-refractivity contribution is 5.83. The number of hydroxylamine groups is 2. The largest absolute Gasteiger partial charge is 0.465 e. The number of carbonyl (C=O) groups is 2. The molecule has 0 heterocycles. The van der Waals surface area contributed by atoms with Gasteiger partial charge in [0.25, 0.3) is 5.91 Å². The van der Waals surface area contributed by atoms with Gasteiger partial charge in [0.2, 0.25) is 0 Å². The molecule has 21 heavy (non-hydrogen) atoms. The van der Waals surface area contributed by atoms with Crippen molar-refractivity contribution in [3.63, 3.8) is 0 Å². The highest BCUT2D eigenvalue weighted by Crippen LogP contribution is 2.60. The van der Waals surface area contributed by atoms with Crippen LogP contribution in [0.15, 0.2) is 0 Å². The van der Waals surface area contributed by atoms with Crippen LogP contribution in [0.5, 0.6) is 0 Å². The zero-order chi connectivity index (χ0) is 16.1. The van der Waals surface area contributed by atoms with E-state index in [-0.39, 0.29) is 5.91 Å². The quantitative estimate of drug-likeness (QED) is 0.813. The second-order valence-electron chi connectivity index (χ2n) is 7.46. The Morgan fingerprint density at radius 3 is 2.05 bits per heavy atom. The van der Waals surface area contributed by atoms with E-state index in [1.807, 2.05) is 20.8 Å². The predicted octanol–water partition coefficient (Wildman–Crippen LogP) is 2.49. The summed E-state index contributed by atoms with van der Waals surface area (Å²) in [7, 11) is 3.10. The van der Waals surface area contributed by atoms with E-state index in [2.05, 4.69) is 0 Å². The first-order valence-electron chi connectivity index (χ1n) is 7.44. The van der Waals surface area contributed by atoms with Gasteiger partial charge in [-0.3, -0.25) is 14.5 Å². The third-order valence-corrected chi connectivity index (χ3v) is 5.16. The molecule has 0 unspecified atom stereocenters. The van der Waals surface area contributed by atoms with Gasteiger partial charge in [0.15, 0.2) is 0 Å². The van der Waals surface area contributed by atoms with Crippen molar-refractivity contribution >= 4 is 12.0 Å². The first kappa shape index (κ1) is 16.1. The van der Waals surface area contributed by atoms with Crippen LogP contribution in [-0.4, -0.2) is 52.3 Å². The summed E-state index contributed by atoms with van der Waals surface area (Å²) in [6.07, 6.45) is 2.68. The lowest BCUT2D eigenvalue weighted by Gasteiger charge is -2.46. The van der Waals surface area contributed by atoms with E-state index < -0.39 is 22.6 Å². The number of rotatable bonds is 3. The number of carboxylic acid groups (broad SMARTS) is 1. The fourth-order valence-corrected chi connectivity index (χ4v) is 4.39. The number of fused-ring (bicyclic) bond motifs is 2. The van der Waals surface area contributed by atoms with Crippen LogP contribution in [0.1, 0.15) is 52.9 Å². The number of amides is 2. The van der Waals surface area contributed by atoms with E-state index in [1.54, 1.807) is 11.9 Å². The molecule has 6 nitrogen and oxygen atoms in total. The number of hydrogen-bond donors (Lipinski definition) is 1. The van der Waals surface area contributed by atoms with Crippen molar-refractivity contribution in [1.29, 1.82) is 0 Å². The van der Waals surface area contributed by atoms with E-state index >= 15 is 0 Å². The first-order valence-corrected chi connectivity index (χ1v) is 7.44. The molecule has 2 aliphatic rings. The number of hydrogen-bond acceptors (Lipinski definition) is 3. The Bertz CT molecular complexity index is 447. The molecule has 2 fully saturated rings. The summed E-state index contributed by atoms with van der Waals surface area (Å²) < 4.78 is 0. The molecule has 2 saturated carbocycles. The summed E-state index contributed by atoms with van der Waals surface area (Å²) in [6.45, 7) is 5.74. The lowest BCUT2D eigenvalue weighted by Crippen LogP contribution is -2.57. The van der Waals surface area contributed by atoms with Crippen LogP contribution in [0, 0.1) is 5.41 Å². The normalized spacial score (nSPS) is 31.3. The van der Waals surface area contributed by atoms with Crippen LogP contribution in [0.2, 0.25) is 0 Å². The van der Waals surface area contributed by atoms with Gasteiger partial charge in [-0.15, -0.1) is 0 Å². The summed E-state index contributed by atoms with van der Waals surface area (Å²) in [5, 5.41) is 10.9. The molecule has 2 amide bonds. The lowest BCUT2D eigenvalue weighted by atomic mass is 9.82. The van der Waals surface area contributed by atoms with E-state index in [1.165, 1.54) is 12.2 Å². The molecule has 2 rings (SSSR count). The van der Waals surface area contributed by atoms with Gasteiger partial charge in [-0.2, -0.15) is 0 Å². The summed E-state index contributed by atoms with van der Waals surface area (Å²) in [5.74, 6) is -0.0244. The predicted molar refractivity (Wildman–Crippen MR) is 77.6 cm³/mol. The fourth-order valence-electron chi connectivity index (χ4n) is 4.39. The molecule has 0 atom stereocenters. The number of carbonyl (C=O) groups excluding carboxylic acids is 1. The van der Waals surface area contributed by atoms with Gasteiger partial charge < -0.3 is 5.11 Å². The van der Waals surface area contributed by atoms with Crippen LogP contribution in [0.25, 0.3) is 0 Å². The van der Waals surface area contributed by atoms with Gasteiger partial charge in [0, 0.05) is 18.1 Å². The van der Waals surface area contributed by atoms with Crippen LogP contribution >= 0.6 is 0 Å². The molecular formula is C15H26N2O4. The molecule has 0 aromatic carbocycles. The molecule has 0 aromatic rings. The van der Waals surface area contributed by atoms with Gasteiger partial charge in [-0.1, -0.05) is 0 Å². The Balaban J connectivity index is 2.30. The number of nitrogens with zero attached hydrogens (tertiary/aromatic N) is 2. The van der Waals surface area contributed by atoms with E-state index in [0.29, 0.717) is 6.42 Å². The molecule has 0 aromatic heterocycles. The Kier molecular flexibility index (Phi) is 3.72. The molecule has 0 aliphatic heterocycles. The fraction of sp³-hybridized carbons (Fsp3) is 0.867. The van der Waals surface area contributed by atoms with Gasteiger partial charge in [-0.05, 0) is 52.9 Å². The van der Waals surface area contributed by atoms with Gasteiger partial charge in [-0.25, -0.2) is 9.86 Å². The van der Waals surface area contributed by atoms with Crippen LogP contribution < -0.4 is 0 Å². The molecule has 2 bridgehead atoms. The topological polar surface area (TPSA) is 70.1 Å². The summed E-state index contributed by atoms with van der Waals surface area (Å²) in [6, 6.07) is 0. The minimum atomic E-state index is -0.896. The minimum absolute atomic E-state index is 0.0244. The summed E-state index contributed by atoms with van der Waals surface area (Å²) in [5.41, 5.74) is -1.33. The summed E-state index contributed by atoms with van der Waals surface area (Å²) >= 11 is 0. The van der Waals surface area contributed by atoms with Crippen LogP contribution in [0.4, 0.5) is 4.79 Å². The monoisotopic (exact) mass is 298 g/mol. The zero-order valence-electron chi connectivity index (χ0n) is 13.6. The maximum atomic E-state index is 12.6. The zero-order valence-corrected chi connectivity index (χ0v) is 13.6. The third kappa shape index (κ3) is 2.39.